The minimum Gasteiger partial charge on any atom is -0.497 e. The Balaban J connectivity index is 1.76. The number of carbonyl (C=O) groups excluding carboxylic acids is 1. The molecule has 0 atom stereocenters. The summed E-state index contributed by atoms with van der Waals surface area (Å²) in [6, 6.07) is 12.5. The molecular formula is C23H24ClN3O4. The quantitative estimate of drug-likeness (QED) is 0.464. The Morgan fingerprint density at radius 2 is 1.94 bits per heavy atom. The van der Waals surface area contributed by atoms with Gasteiger partial charge in [0, 0.05) is 23.7 Å². The van der Waals surface area contributed by atoms with Gasteiger partial charge in [-0.3, -0.25) is 4.79 Å². The first-order valence-corrected chi connectivity index (χ1v) is 10.1. The van der Waals surface area contributed by atoms with Gasteiger partial charge >= 0.3 is 0 Å². The van der Waals surface area contributed by atoms with Gasteiger partial charge in [-0.25, -0.2) is 0 Å². The normalized spacial score (nSPS) is 11.2. The molecule has 0 aliphatic rings. The van der Waals surface area contributed by atoms with Crippen molar-refractivity contribution in [3.8, 4) is 23.0 Å². The Bertz CT molecular complexity index is 1080. The summed E-state index contributed by atoms with van der Waals surface area (Å²) in [5, 5.41) is 8.66. The van der Waals surface area contributed by atoms with Crippen molar-refractivity contribution >= 4 is 23.6 Å². The van der Waals surface area contributed by atoms with Crippen LogP contribution >= 0.6 is 11.6 Å². The lowest BCUT2D eigenvalue weighted by atomic mass is 10.1. The number of hydrogen-bond acceptors (Lipinski definition) is 6. The summed E-state index contributed by atoms with van der Waals surface area (Å²) in [5.41, 5.74) is 1.41. The maximum absolute atomic E-state index is 12.9. The van der Waals surface area contributed by atoms with Crippen LogP contribution in [0.1, 0.15) is 25.3 Å². The van der Waals surface area contributed by atoms with Gasteiger partial charge in [0.05, 0.1) is 31.4 Å². The monoisotopic (exact) mass is 441 g/mol. The van der Waals surface area contributed by atoms with Crippen molar-refractivity contribution in [3.63, 3.8) is 0 Å². The van der Waals surface area contributed by atoms with Crippen molar-refractivity contribution in [1.82, 2.24) is 15.1 Å². The molecule has 0 saturated heterocycles. The van der Waals surface area contributed by atoms with Gasteiger partial charge in [0.1, 0.15) is 11.5 Å². The van der Waals surface area contributed by atoms with Crippen LogP contribution in [0.25, 0.3) is 17.5 Å². The van der Waals surface area contributed by atoms with E-state index >= 15 is 0 Å². The third kappa shape index (κ3) is 5.44. The molecule has 0 radical (unpaired) electrons. The molecule has 1 heterocycles. The maximum atomic E-state index is 12.9. The Hall–Kier alpha value is -3.32. The van der Waals surface area contributed by atoms with Crippen LogP contribution in [-0.4, -0.2) is 41.3 Å². The highest BCUT2D eigenvalue weighted by molar-refractivity contribution is 6.33. The van der Waals surface area contributed by atoms with Crippen LogP contribution < -0.4 is 9.47 Å². The Labute approximate surface area is 186 Å². The number of hydrogen-bond donors (Lipinski definition) is 0. The Morgan fingerprint density at radius 1 is 1.16 bits per heavy atom. The summed E-state index contributed by atoms with van der Waals surface area (Å²) in [4.78, 5) is 14.5. The number of amides is 1. The number of methoxy groups -OCH3 is 2. The zero-order valence-corrected chi connectivity index (χ0v) is 18.6. The minimum atomic E-state index is -0.189. The lowest BCUT2D eigenvalue weighted by molar-refractivity contribution is -0.128. The summed E-state index contributed by atoms with van der Waals surface area (Å²) < 4.78 is 16.3. The first kappa shape index (κ1) is 22.4. The van der Waals surface area contributed by atoms with Crippen molar-refractivity contribution < 1.29 is 18.7 Å². The SMILES string of the molecule is COc1ccc(/C=C/C(=O)N(Cc2nnc(-c3ccccc3Cl)o2)C(C)C)c(OC)c1. The molecule has 2 aromatic carbocycles. The van der Waals surface area contributed by atoms with Crippen LogP contribution in [-0.2, 0) is 11.3 Å². The van der Waals surface area contributed by atoms with Gasteiger partial charge in [0.2, 0.25) is 17.7 Å². The van der Waals surface area contributed by atoms with E-state index in [4.69, 9.17) is 25.5 Å². The topological polar surface area (TPSA) is 77.7 Å². The predicted octanol–water partition coefficient (Wildman–Crippen LogP) is 4.86. The second kappa shape index (κ2) is 10.1. The highest BCUT2D eigenvalue weighted by Crippen LogP contribution is 2.27. The Kier molecular flexibility index (Phi) is 7.31. The van der Waals surface area contributed by atoms with Crippen LogP contribution in [0.15, 0.2) is 53.0 Å². The van der Waals surface area contributed by atoms with E-state index in [0.29, 0.717) is 33.9 Å². The molecule has 0 saturated carbocycles. The fourth-order valence-electron chi connectivity index (χ4n) is 2.93. The molecule has 0 aliphatic carbocycles. The highest BCUT2D eigenvalue weighted by Gasteiger charge is 2.20. The van der Waals surface area contributed by atoms with Gasteiger partial charge in [-0.2, -0.15) is 0 Å². The summed E-state index contributed by atoms with van der Waals surface area (Å²) >= 11 is 6.20. The van der Waals surface area contributed by atoms with Crippen LogP contribution in [0.3, 0.4) is 0 Å². The van der Waals surface area contributed by atoms with Crippen LogP contribution in [0.5, 0.6) is 11.5 Å². The highest BCUT2D eigenvalue weighted by atomic mass is 35.5. The number of rotatable bonds is 8. The van der Waals surface area contributed by atoms with Crippen LogP contribution in [0.2, 0.25) is 5.02 Å². The van der Waals surface area contributed by atoms with Crippen molar-refractivity contribution in [3.05, 3.63) is 65.0 Å². The zero-order chi connectivity index (χ0) is 22.4. The summed E-state index contributed by atoms with van der Waals surface area (Å²) in [5.74, 6) is 1.74. The average molecular weight is 442 g/mol. The van der Waals surface area contributed by atoms with E-state index in [-0.39, 0.29) is 18.5 Å². The number of aromatic nitrogens is 2. The molecule has 1 amide bonds. The number of ether oxygens (including phenoxy) is 2. The van der Waals surface area contributed by atoms with E-state index in [9.17, 15) is 4.79 Å². The van der Waals surface area contributed by atoms with Crippen molar-refractivity contribution in [2.24, 2.45) is 0 Å². The molecule has 0 N–H and O–H groups in total. The third-order valence-electron chi connectivity index (χ3n) is 4.63. The first-order chi connectivity index (χ1) is 14.9. The number of carbonyl (C=O) groups is 1. The fraction of sp³-hybridized carbons (Fsp3) is 0.261. The minimum absolute atomic E-state index is 0.0782. The molecule has 3 rings (SSSR count). The molecule has 0 bridgehead atoms. The van der Waals surface area contributed by atoms with Gasteiger partial charge in [-0.15, -0.1) is 10.2 Å². The van der Waals surface area contributed by atoms with E-state index in [1.54, 1.807) is 43.4 Å². The van der Waals surface area contributed by atoms with E-state index in [2.05, 4.69) is 10.2 Å². The van der Waals surface area contributed by atoms with Gasteiger partial charge < -0.3 is 18.8 Å². The third-order valence-corrected chi connectivity index (χ3v) is 4.96. The standard InChI is InChI=1S/C23H24ClN3O4/c1-15(2)27(14-21-25-26-23(31-21)18-7-5-6-8-19(18)24)22(28)12-10-16-9-11-17(29-3)13-20(16)30-4/h5-13,15H,14H2,1-4H3/b12-10+. The molecule has 1 aromatic heterocycles. The molecule has 0 unspecified atom stereocenters. The van der Waals surface area contributed by atoms with Crippen molar-refractivity contribution in [1.29, 1.82) is 0 Å². The molecular weight excluding hydrogens is 418 g/mol. The lowest BCUT2D eigenvalue weighted by Crippen LogP contribution is -2.35. The van der Waals surface area contributed by atoms with E-state index in [1.807, 2.05) is 38.1 Å². The first-order valence-electron chi connectivity index (χ1n) is 9.71. The zero-order valence-electron chi connectivity index (χ0n) is 17.8. The second-order valence-corrected chi connectivity index (χ2v) is 7.39. The maximum Gasteiger partial charge on any atom is 0.249 e. The smallest absolute Gasteiger partial charge is 0.249 e. The van der Waals surface area contributed by atoms with E-state index in [1.165, 1.54) is 6.08 Å². The average Bonchev–Trinajstić information content (AvgIpc) is 3.24. The Morgan fingerprint density at radius 3 is 2.61 bits per heavy atom. The van der Waals surface area contributed by atoms with Gasteiger partial charge in [0.25, 0.3) is 0 Å². The largest absolute Gasteiger partial charge is 0.497 e. The van der Waals surface area contributed by atoms with Crippen molar-refractivity contribution in [2.45, 2.75) is 26.4 Å². The lowest BCUT2D eigenvalue weighted by Gasteiger charge is -2.23. The molecule has 7 nitrogen and oxygen atoms in total. The van der Waals surface area contributed by atoms with Crippen molar-refractivity contribution in [2.75, 3.05) is 14.2 Å². The van der Waals surface area contributed by atoms with E-state index in [0.717, 1.165) is 5.56 Å². The molecule has 0 aliphatic heterocycles. The van der Waals surface area contributed by atoms with E-state index < -0.39 is 0 Å². The molecule has 0 fully saturated rings. The molecule has 3 aromatic rings. The molecule has 8 heteroatoms. The summed E-state index contributed by atoms with van der Waals surface area (Å²) in [6.45, 7) is 4.02. The second-order valence-electron chi connectivity index (χ2n) is 6.98. The fourth-order valence-corrected chi connectivity index (χ4v) is 3.15. The molecule has 0 spiro atoms. The number of benzene rings is 2. The number of nitrogens with zero attached hydrogens (tertiary/aromatic N) is 3. The van der Waals surface area contributed by atoms with Crippen LogP contribution in [0, 0.1) is 0 Å². The molecule has 31 heavy (non-hydrogen) atoms. The predicted molar refractivity (Wildman–Crippen MR) is 119 cm³/mol. The van der Waals surface area contributed by atoms with Gasteiger partial charge in [-0.1, -0.05) is 23.7 Å². The van der Waals surface area contributed by atoms with Gasteiger partial charge in [0.15, 0.2) is 0 Å². The molecule has 162 valence electrons. The van der Waals surface area contributed by atoms with Gasteiger partial charge in [-0.05, 0) is 44.2 Å². The summed E-state index contributed by atoms with van der Waals surface area (Å²) in [7, 11) is 3.16. The summed E-state index contributed by atoms with van der Waals surface area (Å²) in [6.07, 6.45) is 3.20. The van der Waals surface area contributed by atoms with Crippen LogP contribution in [0.4, 0.5) is 0 Å². The number of halogens is 1.